The normalized spacial score (nSPS) is 10.5. The molecular weight excluding hydrogens is 306 g/mol. The first-order valence-electron chi connectivity index (χ1n) is 7.44. The number of anilines is 1. The van der Waals surface area contributed by atoms with Crippen LogP contribution in [-0.2, 0) is 0 Å². The molecule has 0 aliphatic carbocycles. The predicted octanol–water partition coefficient (Wildman–Crippen LogP) is 3.61. The van der Waals surface area contributed by atoms with Crippen molar-refractivity contribution in [1.82, 2.24) is 10.2 Å². The number of aryl methyl sites for hydroxylation is 2. The Morgan fingerprint density at radius 1 is 1.12 bits per heavy atom. The molecule has 0 fully saturated rings. The van der Waals surface area contributed by atoms with Crippen molar-refractivity contribution in [3.63, 3.8) is 0 Å². The number of ether oxygens (including phenoxy) is 1. The van der Waals surface area contributed by atoms with Crippen molar-refractivity contribution in [3.8, 4) is 17.2 Å². The minimum absolute atomic E-state index is 0.100. The minimum atomic E-state index is -0.447. The highest BCUT2D eigenvalue weighted by Crippen LogP contribution is 2.28. The lowest BCUT2D eigenvalue weighted by Gasteiger charge is -2.07. The summed E-state index contributed by atoms with van der Waals surface area (Å²) in [5, 5.41) is 10.6. The molecule has 0 radical (unpaired) electrons. The number of carbonyl (C=O) groups is 1. The van der Waals surface area contributed by atoms with Crippen molar-refractivity contribution in [2.45, 2.75) is 13.8 Å². The predicted molar refractivity (Wildman–Crippen MR) is 90.2 cm³/mol. The Bertz CT molecular complexity index is 887. The maximum Gasteiger partial charge on any atom is 0.313 e. The minimum Gasteiger partial charge on any atom is -0.496 e. The number of nitrogens with zero attached hydrogens (tertiary/aromatic N) is 2. The largest absolute Gasteiger partial charge is 0.496 e. The highest BCUT2D eigenvalue weighted by molar-refractivity contribution is 6.01. The van der Waals surface area contributed by atoms with Gasteiger partial charge in [0, 0.05) is 5.69 Å². The highest BCUT2D eigenvalue weighted by Gasteiger charge is 2.18. The third kappa shape index (κ3) is 3.12. The van der Waals surface area contributed by atoms with Crippen LogP contribution in [0.15, 0.2) is 46.9 Å². The Balaban J connectivity index is 1.85. The molecule has 0 aliphatic rings. The number of hydrogen-bond donors (Lipinski definition) is 1. The zero-order chi connectivity index (χ0) is 17.1. The van der Waals surface area contributed by atoms with E-state index in [0.29, 0.717) is 11.3 Å². The summed E-state index contributed by atoms with van der Waals surface area (Å²) < 4.78 is 10.8. The summed E-state index contributed by atoms with van der Waals surface area (Å²) >= 11 is 0. The van der Waals surface area contributed by atoms with E-state index < -0.39 is 5.91 Å². The molecule has 6 nitrogen and oxygen atoms in total. The molecule has 3 aromatic rings. The van der Waals surface area contributed by atoms with Crippen molar-refractivity contribution in [2.24, 2.45) is 0 Å². The summed E-state index contributed by atoms with van der Waals surface area (Å²) in [6.45, 7) is 3.88. The Morgan fingerprint density at radius 3 is 2.71 bits per heavy atom. The Kier molecular flexibility index (Phi) is 4.29. The van der Waals surface area contributed by atoms with E-state index >= 15 is 0 Å². The molecule has 0 atom stereocenters. The molecule has 0 bridgehead atoms. The van der Waals surface area contributed by atoms with Crippen LogP contribution in [-0.4, -0.2) is 23.2 Å². The molecule has 0 spiro atoms. The van der Waals surface area contributed by atoms with Gasteiger partial charge in [-0.1, -0.05) is 24.3 Å². The van der Waals surface area contributed by atoms with E-state index in [4.69, 9.17) is 9.15 Å². The molecule has 3 rings (SSSR count). The zero-order valence-electron chi connectivity index (χ0n) is 13.7. The van der Waals surface area contributed by atoms with Gasteiger partial charge in [-0.25, -0.2) is 0 Å². The lowest BCUT2D eigenvalue weighted by molar-refractivity contribution is 0.0990. The first-order chi connectivity index (χ1) is 11.6. The van der Waals surface area contributed by atoms with Crippen LogP contribution in [0.2, 0.25) is 0 Å². The average Bonchev–Trinajstić information content (AvgIpc) is 3.08. The van der Waals surface area contributed by atoms with Crippen molar-refractivity contribution in [2.75, 3.05) is 12.4 Å². The van der Waals surface area contributed by atoms with Crippen molar-refractivity contribution in [1.29, 1.82) is 0 Å². The number of amides is 1. The standard InChI is InChI=1S/C18H17N3O3/c1-11-8-9-12(2)14(10-11)19-16(22)18-21-20-17(24-18)13-6-4-5-7-15(13)23-3/h4-10H,1-3H3,(H,19,22). The summed E-state index contributed by atoms with van der Waals surface area (Å²) in [6, 6.07) is 13.1. The van der Waals surface area contributed by atoms with Crippen LogP contribution in [0.5, 0.6) is 5.75 Å². The van der Waals surface area contributed by atoms with E-state index in [2.05, 4.69) is 15.5 Å². The van der Waals surface area contributed by atoms with Crippen molar-refractivity contribution in [3.05, 3.63) is 59.5 Å². The number of methoxy groups -OCH3 is 1. The topological polar surface area (TPSA) is 77.2 Å². The third-order valence-corrected chi connectivity index (χ3v) is 3.60. The lowest BCUT2D eigenvalue weighted by atomic mass is 10.1. The maximum absolute atomic E-state index is 12.3. The fourth-order valence-electron chi connectivity index (χ4n) is 2.29. The number of nitrogens with one attached hydrogen (secondary N) is 1. The van der Waals surface area contributed by atoms with Crippen LogP contribution >= 0.6 is 0 Å². The van der Waals surface area contributed by atoms with E-state index in [1.165, 1.54) is 0 Å². The number of hydrogen-bond acceptors (Lipinski definition) is 5. The number of benzene rings is 2. The fourth-order valence-corrected chi connectivity index (χ4v) is 2.29. The molecule has 2 aromatic carbocycles. The van der Waals surface area contributed by atoms with Gasteiger partial charge in [0.1, 0.15) is 5.75 Å². The highest BCUT2D eigenvalue weighted by atomic mass is 16.5. The van der Waals surface area contributed by atoms with Crippen LogP contribution in [0.1, 0.15) is 21.8 Å². The molecule has 1 aromatic heterocycles. The Morgan fingerprint density at radius 2 is 1.92 bits per heavy atom. The van der Waals surface area contributed by atoms with Crippen LogP contribution in [0.4, 0.5) is 5.69 Å². The summed E-state index contributed by atoms with van der Waals surface area (Å²) in [7, 11) is 1.56. The summed E-state index contributed by atoms with van der Waals surface area (Å²) in [5.41, 5.74) is 3.37. The number of rotatable bonds is 4. The lowest BCUT2D eigenvalue weighted by Crippen LogP contribution is -2.13. The van der Waals surface area contributed by atoms with E-state index in [1.54, 1.807) is 19.2 Å². The smallest absolute Gasteiger partial charge is 0.313 e. The van der Waals surface area contributed by atoms with Crippen molar-refractivity contribution >= 4 is 11.6 Å². The molecular formula is C18H17N3O3. The molecule has 0 saturated carbocycles. The van der Waals surface area contributed by atoms with Gasteiger partial charge in [0.25, 0.3) is 5.89 Å². The first-order valence-corrected chi connectivity index (χ1v) is 7.44. The van der Waals surface area contributed by atoms with Crippen LogP contribution < -0.4 is 10.1 Å². The van der Waals surface area contributed by atoms with Crippen molar-refractivity contribution < 1.29 is 13.9 Å². The molecule has 1 amide bonds. The summed E-state index contributed by atoms with van der Waals surface area (Å²) in [6.07, 6.45) is 0. The Labute approximate surface area is 139 Å². The van der Waals surface area contributed by atoms with Gasteiger partial charge in [-0.05, 0) is 43.2 Å². The third-order valence-electron chi connectivity index (χ3n) is 3.60. The molecule has 0 unspecified atom stereocenters. The zero-order valence-corrected chi connectivity index (χ0v) is 13.7. The quantitative estimate of drug-likeness (QED) is 0.793. The number of para-hydroxylation sites is 1. The van der Waals surface area contributed by atoms with Gasteiger partial charge in [0.05, 0.1) is 12.7 Å². The Hall–Kier alpha value is -3.15. The molecule has 24 heavy (non-hydrogen) atoms. The SMILES string of the molecule is COc1ccccc1-c1nnc(C(=O)Nc2cc(C)ccc2C)o1. The van der Waals surface area contributed by atoms with Gasteiger partial charge < -0.3 is 14.5 Å². The second-order valence-electron chi connectivity index (χ2n) is 5.39. The van der Waals surface area contributed by atoms with Gasteiger partial charge in [-0.15, -0.1) is 10.2 Å². The van der Waals surface area contributed by atoms with Crippen LogP contribution in [0, 0.1) is 13.8 Å². The summed E-state index contributed by atoms with van der Waals surface area (Å²) in [4.78, 5) is 12.3. The maximum atomic E-state index is 12.3. The fraction of sp³-hybridized carbons (Fsp3) is 0.167. The van der Waals surface area contributed by atoms with Gasteiger partial charge >= 0.3 is 11.8 Å². The van der Waals surface area contributed by atoms with Crippen LogP contribution in [0.25, 0.3) is 11.5 Å². The first kappa shape index (κ1) is 15.7. The van der Waals surface area contributed by atoms with Gasteiger partial charge in [0.2, 0.25) is 0 Å². The monoisotopic (exact) mass is 323 g/mol. The number of carbonyl (C=O) groups excluding carboxylic acids is 1. The van der Waals surface area contributed by atoms with E-state index in [0.717, 1.165) is 16.8 Å². The molecule has 1 heterocycles. The molecule has 122 valence electrons. The molecule has 0 aliphatic heterocycles. The second-order valence-corrected chi connectivity index (χ2v) is 5.39. The summed E-state index contributed by atoms with van der Waals surface area (Å²) in [5.74, 6) is 0.287. The molecule has 0 saturated heterocycles. The van der Waals surface area contributed by atoms with E-state index in [9.17, 15) is 4.79 Å². The molecule has 1 N–H and O–H groups in total. The molecule has 6 heteroatoms. The van der Waals surface area contributed by atoms with E-state index in [1.807, 2.05) is 44.2 Å². The van der Waals surface area contributed by atoms with E-state index in [-0.39, 0.29) is 11.8 Å². The van der Waals surface area contributed by atoms with Gasteiger partial charge in [-0.3, -0.25) is 4.79 Å². The van der Waals surface area contributed by atoms with Crippen LogP contribution in [0.3, 0.4) is 0 Å². The second kappa shape index (κ2) is 6.54. The van der Waals surface area contributed by atoms with Gasteiger partial charge in [0.15, 0.2) is 0 Å². The van der Waals surface area contributed by atoms with Gasteiger partial charge in [-0.2, -0.15) is 0 Å². The number of aromatic nitrogens is 2. The average molecular weight is 323 g/mol.